The first kappa shape index (κ1) is 24.1. The zero-order valence-corrected chi connectivity index (χ0v) is 22.6. The van der Waals surface area contributed by atoms with Crippen LogP contribution in [0.4, 0.5) is 13.2 Å². The predicted octanol–water partition coefficient (Wildman–Crippen LogP) is 4.31. The third-order valence-electron chi connectivity index (χ3n) is 2.35. The van der Waals surface area contributed by atoms with Gasteiger partial charge < -0.3 is 4.74 Å². The van der Waals surface area contributed by atoms with Crippen LogP contribution in [0.5, 0.6) is 0 Å². The number of sulfonamides is 1. The normalized spacial score (nSPS) is 12.3. The Balaban J connectivity index is 2.82. The lowest BCUT2D eigenvalue weighted by atomic mass is 10.2. The maximum atomic E-state index is 12.2. The molecule has 1 aromatic rings. The molecule has 0 saturated heterocycles. The molecule has 0 saturated carbocycles. The molecule has 0 atom stereocenters. The van der Waals surface area contributed by atoms with E-state index in [0.717, 1.165) is 10.7 Å². The minimum atomic E-state index is -5.44. The number of esters is 1. The van der Waals surface area contributed by atoms with Crippen LogP contribution in [-0.2, 0) is 14.8 Å². The lowest BCUT2D eigenvalue weighted by Crippen LogP contribution is -2.38. The number of hydrogen-bond acceptors (Lipinski definition) is 4. The second-order valence-corrected chi connectivity index (χ2v) is 11.1. The van der Waals surface area contributed by atoms with Crippen LogP contribution >= 0.6 is 113 Å². The molecule has 0 bridgehead atoms. The molecule has 0 amide bonds. The summed E-state index contributed by atoms with van der Waals surface area (Å²) < 4.78 is 68.4. The van der Waals surface area contributed by atoms with Gasteiger partial charge in [0.15, 0.2) is 0 Å². The van der Waals surface area contributed by atoms with Gasteiger partial charge in [0, 0.05) is 24.4 Å². The van der Waals surface area contributed by atoms with Gasteiger partial charge in [-0.25, -0.2) is 17.9 Å². The van der Waals surface area contributed by atoms with Crippen molar-refractivity contribution in [2.24, 2.45) is 0 Å². The summed E-state index contributed by atoms with van der Waals surface area (Å²) in [5, 5.41) is 0. The van der Waals surface area contributed by atoms with Crippen LogP contribution in [0, 0.1) is 17.9 Å². The predicted molar refractivity (Wildman–Crippen MR) is 123 cm³/mol. The largest absolute Gasteiger partial charge is 0.511 e. The fraction of sp³-hybridized carbons (Fsp3) is 0.300. The summed E-state index contributed by atoms with van der Waals surface area (Å²) in [6.07, 6.45) is 0. The highest BCUT2D eigenvalue weighted by Gasteiger charge is 2.45. The van der Waals surface area contributed by atoms with E-state index in [4.69, 9.17) is 4.74 Å². The van der Waals surface area contributed by atoms with Crippen LogP contribution in [-0.4, -0.2) is 33.0 Å². The SMILES string of the molecule is O=C(OCCNS(=O)(=O)C(F)(F)F)c1c(I)c(I)c(I)c(I)c1I. The first-order chi connectivity index (χ1) is 10.8. The molecule has 5 nitrogen and oxygen atoms in total. The van der Waals surface area contributed by atoms with Crippen molar-refractivity contribution in [1.82, 2.24) is 4.72 Å². The fourth-order valence-electron chi connectivity index (χ4n) is 1.26. The molecule has 0 fully saturated rings. The highest BCUT2D eigenvalue weighted by atomic mass is 127. The molecule has 0 aliphatic heterocycles. The molecule has 0 spiro atoms. The summed E-state index contributed by atoms with van der Waals surface area (Å²) in [7, 11) is -5.44. The average molecular weight is 927 g/mol. The molecule has 14 heteroatoms. The smallest absolute Gasteiger partial charge is 0.461 e. The van der Waals surface area contributed by atoms with E-state index in [-0.39, 0.29) is 0 Å². The van der Waals surface area contributed by atoms with Gasteiger partial charge in [0.1, 0.15) is 6.61 Å². The van der Waals surface area contributed by atoms with E-state index in [1.807, 2.05) is 45.2 Å². The summed E-state index contributed by atoms with van der Waals surface area (Å²) in [6, 6.07) is 0. The van der Waals surface area contributed by atoms with E-state index in [9.17, 15) is 26.4 Å². The van der Waals surface area contributed by atoms with Gasteiger partial charge >= 0.3 is 21.5 Å². The van der Waals surface area contributed by atoms with Crippen molar-refractivity contribution in [3.63, 3.8) is 0 Å². The average Bonchev–Trinajstić information content (AvgIpc) is 2.46. The molecule has 1 N–H and O–H groups in total. The van der Waals surface area contributed by atoms with Crippen molar-refractivity contribution in [2.45, 2.75) is 5.51 Å². The summed E-state index contributed by atoms with van der Waals surface area (Å²) in [5.74, 6) is -0.720. The number of nitrogens with one attached hydrogen (secondary N) is 1. The van der Waals surface area contributed by atoms with E-state index < -0.39 is 34.7 Å². The van der Waals surface area contributed by atoms with E-state index in [1.165, 1.54) is 4.72 Å². The zero-order chi connectivity index (χ0) is 18.9. The van der Waals surface area contributed by atoms with Crippen molar-refractivity contribution in [2.75, 3.05) is 13.2 Å². The highest BCUT2D eigenvalue weighted by Crippen LogP contribution is 2.34. The number of hydrogen-bond donors (Lipinski definition) is 1. The lowest BCUT2D eigenvalue weighted by molar-refractivity contribution is -0.0448. The van der Waals surface area contributed by atoms with Gasteiger partial charge in [-0.05, 0) is 113 Å². The summed E-state index contributed by atoms with van der Waals surface area (Å²) in [5.41, 5.74) is -5.09. The van der Waals surface area contributed by atoms with Crippen molar-refractivity contribution >= 4 is 129 Å². The molecule has 0 aliphatic carbocycles. The number of benzene rings is 1. The first-order valence-electron chi connectivity index (χ1n) is 5.55. The third kappa shape index (κ3) is 5.77. The summed E-state index contributed by atoms with van der Waals surface area (Å²) in [6.45, 7) is -1.18. The van der Waals surface area contributed by atoms with E-state index in [0.29, 0.717) is 12.7 Å². The molecule has 0 aliphatic rings. The molecule has 0 unspecified atom stereocenters. The van der Waals surface area contributed by atoms with Crippen molar-refractivity contribution < 1.29 is 31.1 Å². The van der Waals surface area contributed by atoms with Crippen LogP contribution < -0.4 is 4.72 Å². The molecule has 1 rings (SSSR count). The van der Waals surface area contributed by atoms with Gasteiger partial charge in [-0.3, -0.25) is 0 Å². The number of alkyl halides is 3. The van der Waals surface area contributed by atoms with Crippen LogP contribution in [0.15, 0.2) is 0 Å². The molecule has 0 aromatic heterocycles. The number of ether oxygens (including phenoxy) is 1. The molecular formula is C10H5F3I5NO4S. The van der Waals surface area contributed by atoms with Gasteiger partial charge in [-0.15, -0.1) is 0 Å². The highest BCUT2D eigenvalue weighted by molar-refractivity contribution is 14.1. The Labute approximate surface area is 203 Å². The first-order valence-corrected chi connectivity index (χ1v) is 12.4. The van der Waals surface area contributed by atoms with Gasteiger partial charge in [-0.1, -0.05) is 0 Å². The molecule has 24 heavy (non-hydrogen) atoms. The summed E-state index contributed by atoms with van der Waals surface area (Å²) >= 11 is 10.3. The summed E-state index contributed by atoms with van der Waals surface area (Å²) in [4.78, 5) is 12.2. The molecule has 0 radical (unpaired) electrons. The van der Waals surface area contributed by atoms with Crippen LogP contribution in [0.25, 0.3) is 0 Å². The van der Waals surface area contributed by atoms with Gasteiger partial charge in [0.2, 0.25) is 0 Å². The number of rotatable bonds is 5. The van der Waals surface area contributed by atoms with Crippen LogP contribution in [0.2, 0.25) is 0 Å². The minimum Gasteiger partial charge on any atom is -0.461 e. The Morgan fingerprint density at radius 1 is 0.958 bits per heavy atom. The number of carbonyl (C=O) groups is 1. The van der Waals surface area contributed by atoms with Crippen molar-refractivity contribution in [3.05, 3.63) is 23.4 Å². The second-order valence-electron chi connectivity index (χ2n) is 3.92. The van der Waals surface area contributed by atoms with Crippen molar-refractivity contribution in [1.29, 1.82) is 0 Å². The van der Waals surface area contributed by atoms with Crippen LogP contribution in [0.3, 0.4) is 0 Å². The maximum Gasteiger partial charge on any atom is 0.511 e. The minimum absolute atomic E-state index is 0.309. The van der Waals surface area contributed by atoms with E-state index >= 15 is 0 Å². The monoisotopic (exact) mass is 927 g/mol. The van der Waals surface area contributed by atoms with E-state index in [1.54, 1.807) is 0 Å². The Morgan fingerprint density at radius 2 is 1.38 bits per heavy atom. The molecule has 0 heterocycles. The Bertz CT molecular complexity index is 740. The van der Waals surface area contributed by atoms with Gasteiger partial charge in [0.25, 0.3) is 0 Å². The van der Waals surface area contributed by atoms with Gasteiger partial charge in [-0.2, -0.15) is 13.2 Å². The van der Waals surface area contributed by atoms with E-state index in [2.05, 4.69) is 67.8 Å². The molecule has 136 valence electrons. The lowest BCUT2D eigenvalue weighted by Gasteiger charge is -2.14. The fourth-order valence-corrected chi connectivity index (χ4v) is 6.97. The Hall–Kier alpha value is 2.04. The topological polar surface area (TPSA) is 72.5 Å². The second kappa shape index (κ2) is 9.49. The Morgan fingerprint density at radius 3 is 1.79 bits per heavy atom. The quantitative estimate of drug-likeness (QED) is 0.157. The standard InChI is InChI=1S/C10H5F3I5NO4S/c11-10(12,13)24(21,22)19-1-2-23-9(20)3-4(14)6(16)8(18)7(17)5(3)15/h19H,1-2H2. The molecular weight excluding hydrogens is 922 g/mol. The molecule has 1 aromatic carbocycles. The Kier molecular flexibility index (Phi) is 9.53. The third-order valence-corrected chi connectivity index (χ3v) is 13.1. The van der Waals surface area contributed by atoms with Gasteiger partial charge in [0.05, 0.1) is 5.56 Å². The maximum absolute atomic E-state index is 12.2. The number of halogens is 8. The number of carbonyl (C=O) groups excluding carboxylic acids is 1. The van der Waals surface area contributed by atoms with Crippen LogP contribution in [0.1, 0.15) is 10.4 Å². The van der Waals surface area contributed by atoms with Crippen molar-refractivity contribution in [3.8, 4) is 0 Å². The zero-order valence-electron chi connectivity index (χ0n) is 11.0.